The second-order valence-corrected chi connectivity index (χ2v) is 8.08. The number of halogens is 1. The van der Waals surface area contributed by atoms with E-state index in [0.29, 0.717) is 0 Å². The molecular formula is C16H21FN2O5S. The van der Waals surface area contributed by atoms with E-state index in [0.717, 1.165) is 12.1 Å². The first-order chi connectivity index (χ1) is 11.7. The molecule has 9 heteroatoms. The van der Waals surface area contributed by atoms with Gasteiger partial charge >= 0.3 is 5.97 Å². The minimum atomic E-state index is -3.72. The van der Waals surface area contributed by atoms with Crippen molar-refractivity contribution in [1.82, 2.24) is 9.21 Å². The lowest BCUT2D eigenvalue weighted by molar-refractivity contribution is -0.138. The smallest absolute Gasteiger partial charge is 0.303 e. The van der Waals surface area contributed by atoms with Crippen LogP contribution in [-0.4, -0.2) is 60.8 Å². The molecule has 1 aromatic carbocycles. The molecule has 138 valence electrons. The third kappa shape index (κ3) is 4.99. The van der Waals surface area contributed by atoms with Gasteiger partial charge in [0.1, 0.15) is 5.82 Å². The summed E-state index contributed by atoms with van der Waals surface area (Å²) in [5, 5.41) is 8.74. The summed E-state index contributed by atoms with van der Waals surface area (Å²) in [6.45, 7) is 2.50. The van der Waals surface area contributed by atoms with E-state index in [4.69, 9.17) is 5.11 Å². The van der Waals surface area contributed by atoms with Gasteiger partial charge in [-0.1, -0.05) is 6.92 Å². The fourth-order valence-electron chi connectivity index (χ4n) is 2.73. The van der Waals surface area contributed by atoms with Crippen LogP contribution in [0.2, 0.25) is 0 Å². The number of benzene rings is 1. The Morgan fingerprint density at radius 2 is 1.68 bits per heavy atom. The van der Waals surface area contributed by atoms with E-state index in [1.54, 1.807) is 11.8 Å². The molecule has 0 saturated carbocycles. The molecule has 0 bridgehead atoms. The second-order valence-electron chi connectivity index (χ2n) is 6.15. The van der Waals surface area contributed by atoms with Crippen molar-refractivity contribution < 1.29 is 27.5 Å². The standard InChI is InChI=1S/C16H21FN2O5S/c1-12(11-16(21)22)10-15(20)18-6-8-19(9-7-18)25(23,24)14-4-2-13(17)3-5-14/h2-5,12H,6-11H2,1H3,(H,21,22). The number of piperazine rings is 1. The highest BCUT2D eigenvalue weighted by atomic mass is 32.2. The predicted molar refractivity (Wildman–Crippen MR) is 87.8 cm³/mol. The number of hydrogen-bond donors (Lipinski definition) is 1. The number of nitrogens with zero attached hydrogens (tertiary/aromatic N) is 2. The monoisotopic (exact) mass is 372 g/mol. The molecule has 1 amide bonds. The lowest BCUT2D eigenvalue weighted by Gasteiger charge is -2.34. The number of sulfonamides is 1. The van der Waals surface area contributed by atoms with Gasteiger partial charge in [-0.05, 0) is 30.2 Å². The maximum atomic E-state index is 13.0. The van der Waals surface area contributed by atoms with Crippen LogP contribution in [0.15, 0.2) is 29.2 Å². The molecule has 7 nitrogen and oxygen atoms in total. The lowest BCUT2D eigenvalue weighted by atomic mass is 10.0. The van der Waals surface area contributed by atoms with Crippen LogP contribution in [0.3, 0.4) is 0 Å². The number of carbonyl (C=O) groups is 2. The minimum absolute atomic E-state index is 0.0174. The summed E-state index contributed by atoms with van der Waals surface area (Å²) in [4.78, 5) is 24.4. The van der Waals surface area contributed by atoms with Crippen LogP contribution in [-0.2, 0) is 19.6 Å². The van der Waals surface area contributed by atoms with Crippen LogP contribution >= 0.6 is 0 Å². The SMILES string of the molecule is CC(CC(=O)O)CC(=O)N1CCN(S(=O)(=O)c2ccc(F)cc2)CC1. The summed E-state index contributed by atoms with van der Waals surface area (Å²) in [6.07, 6.45) is 0.0433. The number of rotatable bonds is 6. The molecule has 1 fully saturated rings. The van der Waals surface area contributed by atoms with Gasteiger partial charge < -0.3 is 10.0 Å². The largest absolute Gasteiger partial charge is 0.481 e. The van der Waals surface area contributed by atoms with Crippen molar-refractivity contribution in [2.45, 2.75) is 24.7 Å². The van der Waals surface area contributed by atoms with E-state index >= 15 is 0 Å². The first-order valence-electron chi connectivity index (χ1n) is 7.95. The van der Waals surface area contributed by atoms with Crippen molar-refractivity contribution in [3.05, 3.63) is 30.1 Å². The third-order valence-electron chi connectivity index (χ3n) is 4.09. The Morgan fingerprint density at radius 3 is 2.20 bits per heavy atom. The number of carbonyl (C=O) groups excluding carboxylic acids is 1. The maximum Gasteiger partial charge on any atom is 0.303 e. The highest BCUT2D eigenvalue weighted by Gasteiger charge is 2.30. The summed E-state index contributed by atoms with van der Waals surface area (Å²) >= 11 is 0. The molecule has 1 aliphatic rings. The number of carboxylic acid groups (broad SMARTS) is 1. The van der Waals surface area contributed by atoms with Crippen LogP contribution in [0.4, 0.5) is 4.39 Å². The molecular weight excluding hydrogens is 351 g/mol. The molecule has 1 aliphatic heterocycles. The van der Waals surface area contributed by atoms with Gasteiger partial charge in [0.05, 0.1) is 4.90 Å². The van der Waals surface area contributed by atoms with Gasteiger partial charge in [-0.25, -0.2) is 12.8 Å². The Labute approximate surface area is 146 Å². The molecule has 1 atom stereocenters. The summed E-state index contributed by atoms with van der Waals surface area (Å²) in [6, 6.07) is 4.62. The van der Waals surface area contributed by atoms with Crippen molar-refractivity contribution in [3.8, 4) is 0 Å². The average Bonchev–Trinajstić information content (AvgIpc) is 2.54. The number of hydrogen-bond acceptors (Lipinski definition) is 4. The van der Waals surface area contributed by atoms with Crippen molar-refractivity contribution in [2.75, 3.05) is 26.2 Å². The number of aliphatic carboxylic acids is 1. The zero-order valence-corrected chi connectivity index (χ0v) is 14.7. The van der Waals surface area contributed by atoms with E-state index in [9.17, 15) is 22.4 Å². The van der Waals surface area contributed by atoms with E-state index in [2.05, 4.69) is 0 Å². The Morgan fingerprint density at radius 1 is 1.12 bits per heavy atom. The van der Waals surface area contributed by atoms with Crippen LogP contribution in [0.5, 0.6) is 0 Å². The molecule has 0 radical (unpaired) electrons. The van der Waals surface area contributed by atoms with Gasteiger partial charge in [-0.15, -0.1) is 0 Å². The van der Waals surface area contributed by atoms with E-state index in [1.807, 2.05) is 0 Å². The molecule has 1 aromatic rings. The molecule has 1 saturated heterocycles. The third-order valence-corrected chi connectivity index (χ3v) is 6.00. The zero-order valence-electron chi connectivity index (χ0n) is 13.9. The van der Waals surface area contributed by atoms with Crippen molar-refractivity contribution in [2.24, 2.45) is 5.92 Å². The number of carboxylic acids is 1. The van der Waals surface area contributed by atoms with Gasteiger partial charge in [0.15, 0.2) is 0 Å². The van der Waals surface area contributed by atoms with Crippen LogP contribution in [0.1, 0.15) is 19.8 Å². The second kappa shape index (κ2) is 7.92. The van der Waals surface area contributed by atoms with Gasteiger partial charge in [0, 0.05) is 39.0 Å². The van der Waals surface area contributed by atoms with Crippen molar-refractivity contribution in [3.63, 3.8) is 0 Å². The fraction of sp³-hybridized carbons (Fsp3) is 0.500. The van der Waals surface area contributed by atoms with Gasteiger partial charge in [0.2, 0.25) is 15.9 Å². The van der Waals surface area contributed by atoms with Gasteiger partial charge in [-0.3, -0.25) is 9.59 Å². The van der Waals surface area contributed by atoms with E-state index in [1.165, 1.54) is 16.4 Å². The maximum absolute atomic E-state index is 13.0. The Bertz CT molecular complexity index is 727. The molecule has 1 unspecified atom stereocenters. The first kappa shape index (κ1) is 19.3. The Balaban J connectivity index is 1.93. The van der Waals surface area contributed by atoms with Crippen LogP contribution < -0.4 is 0 Å². The highest BCUT2D eigenvalue weighted by Crippen LogP contribution is 2.19. The van der Waals surface area contributed by atoms with Crippen molar-refractivity contribution in [1.29, 1.82) is 0 Å². The normalized spacial score (nSPS) is 17.3. The molecule has 0 aromatic heterocycles. The topological polar surface area (TPSA) is 95.0 Å². The number of amides is 1. The first-order valence-corrected chi connectivity index (χ1v) is 9.39. The van der Waals surface area contributed by atoms with Crippen molar-refractivity contribution >= 4 is 21.9 Å². The van der Waals surface area contributed by atoms with Crippen LogP contribution in [0, 0.1) is 11.7 Å². The molecule has 25 heavy (non-hydrogen) atoms. The van der Waals surface area contributed by atoms with Crippen LogP contribution in [0.25, 0.3) is 0 Å². The fourth-order valence-corrected chi connectivity index (χ4v) is 4.15. The zero-order chi connectivity index (χ0) is 18.6. The van der Waals surface area contributed by atoms with Gasteiger partial charge in [-0.2, -0.15) is 4.31 Å². The molecule has 1 N–H and O–H groups in total. The molecule has 0 spiro atoms. The molecule has 0 aliphatic carbocycles. The van der Waals surface area contributed by atoms with E-state index < -0.39 is 21.8 Å². The lowest BCUT2D eigenvalue weighted by Crippen LogP contribution is -2.50. The molecule has 1 heterocycles. The van der Waals surface area contributed by atoms with Gasteiger partial charge in [0.25, 0.3) is 0 Å². The summed E-state index contributed by atoms with van der Waals surface area (Å²) in [7, 11) is -3.72. The highest BCUT2D eigenvalue weighted by molar-refractivity contribution is 7.89. The summed E-state index contributed by atoms with van der Waals surface area (Å²) in [5.41, 5.74) is 0. The Hall–Kier alpha value is -2.00. The quantitative estimate of drug-likeness (QED) is 0.809. The minimum Gasteiger partial charge on any atom is -0.481 e. The Kier molecular flexibility index (Phi) is 6.12. The summed E-state index contributed by atoms with van der Waals surface area (Å²) in [5.74, 6) is -1.90. The van der Waals surface area contributed by atoms with E-state index in [-0.39, 0.29) is 55.7 Å². The predicted octanol–water partition coefficient (Wildman–Crippen LogP) is 1.16. The average molecular weight is 372 g/mol. The molecule has 2 rings (SSSR count). The summed E-state index contributed by atoms with van der Waals surface area (Å²) < 4.78 is 39.2.